The first-order valence-electron chi connectivity index (χ1n) is 8.29. The third-order valence-corrected chi connectivity index (χ3v) is 5.59. The minimum atomic E-state index is -0.328. The van der Waals surface area contributed by atoms with E-state index in [0.29, 0.717) is 12.0 Å². The standard InChI is InChI=1S/C19H31NO/c1-18(2,3)16-9-11-19(14-20,12-10-16)17(21)13-15-7-5-4-6-8-15/h4-8,16-17,21H,9-14,20H2,1-3H3. The van der Waals surface area contributed by atoms with Gasteiger partial charge in [0.1, 0.15) is 0 Å². The van der Waals surface area contributed by atoms with Crippen LogP contribution in [-0.4, -0.2) is 17.8 Å². The molecule has 0 aromatic heterocycles. The third-order valence-electron chi connectivity index (χ3n) is 5.59. The lowest BCUT2D eigenvalue weighted by Crippen LogP contribution is -2.46. The summed E-state index contributed by atoms with van der Waals surface area (Å²) in [7, 11) is 0. The van der Waals surface area contributed by atoms with Crippen molar-refractivity contribution in [3.8, 4) is 0 Å². The van der Waals surface area contributed by atoms with Crippen LogP contribution in [0.1, 0.15) is 52.0 Å². The van der Waals surface area contributed by atoms with Gasteiger partial charge in [0.15, 0.2) is 0 Å². The van der Waals surface area contributed by atoms with Crippen LogP contribution in [0.3, 0.4) is 0 Å². The molecule has 1 fully saturated rings. The van der Waals surface area contributed by atoms with Crippen LogP contribution in [0, 0.1) is 16.7 Å². The second kappa shape index (κ2) is 6.50. The average Bonchev–Trinajstić information content (AvgIpc) is 2.47. The average molecular weight is 289 g/mol. The SMILES string of the molecule is CC(C)(C)C1CCC(CN)(C(O)Cc2ccccc2)CC1. The molecule has 1 aromatic rings. The summed E-state index contributed by atoms with van der Waals surface area (Å²) >= 11 is 0. The molecule has 1 aromatic carbocycles. The Bertz CT molecular complexity index is 427. The van der Waals surface area contributed by atoms with Crippen LogP contribution in [0.25, 0.3) is 0 Å². The number of rotatable bonds is 4. The van der Waals surface area contributed by atoms with E-state index < -0.39 is 0 Å². The fourth-order valence-electron chi connectivity index (χ4n) is 3.79. The number of nitrogens with two attached hydrogens (primary N) is 1. The molecule has 0 amide bonds. The molecule has 0 heterocycles. The summed E-state index contributed by atoms with van der Waals surface area (Å²) in [5.41, 5.74) is 7.57. The molecule has 1 unspecified atom stereocenters. The van der Waals surface area contributed by atoms with E-state index in [9.17, 15) is 5.11 Å². The molecule has 118 valence electrons. The molecule has 1 aliphatic rings. The quantitative estimate of drug-likeness (QED) is 0.886. The predicted molar refractivity (Wildman–Crippen MR) is 89.1 cm³/mol. The van der Waals surface area contributed by atoms with Gasteiger partial charge in [-0.05, 0) is 49.0 Å². The molecule has 2 nitrogen and oxygen atoms in total. The van der Waals surface area contributed by atoms with Gasteiger partial charge >= 0.3 is 0 Å². The van der Waals surface area contributed by atoms with Crippen molar-refractivity contribution >= 4 is 0 Å². The Kier molecular flexibility index (Phi) is 5.11. The lowest BCUT2D eigenvalue weighted by atomic mass is 9.61. The lowest BCUT2D eigenvalue weighted by molar-refractivity contribution is -0.0210. The van der Waals surface area contributed by atoms with Gasteiger partial charge in [0, 0.05) is 12.0 Å². The fourth-order valence-corrected chi connectivity index (χ4v) is 3.79. The first kappa shape index (κ1) is 16.5. The van der Waals surface area contributed by atoms with Gasteiger partial charge in [-0.25, -0.2) is 0 Å². The summed E-state index contributed by atoms with van der Waals surface area (Å²) in [6.07, 6.45) is 4.88. The molecule has 1 atom stereocenters. The lowest BCUT2D eigenvalue weighted by Gasteiger charge is -2.46. The van der Waals surface area contributed by atoms with Crippen molar-refractivity contribution in [2.75, 3.05) is 6.54 Å². The number of hydrogen-bond donors (Lipinski definition) is 2. The largest absolute Gasteiger partial charge is 0.392 e. The van der Waals surface area contributed by atoms with Crippen molar-refractivity contribution < 1.29 is 5.11 Å². The van der Waals surface area contributed by atoms with Crippen molar-refractivity contribution in [2.45, 2.75) is 59.0 Å². The summed E-state index contributed by atoms with van der Waals surface area (Å²) in [6, 6.07) is 10.3. The highest BCUT2D eigenvalue weighted by molar-refractivity contribution is 5.16. The number of hydrogen-bond acceptors (Lipinski definition) is 2. The van der Waals surface area contributed by atoms with Crippen molar-refractivity contribution in [1.29, 1.82) is 0 Å². The van der Waals surface area contributed by atoms with E-state index in [2.05, 4.69) is 32.9 Å². The molecule has 2 rings (SSSR count). The van der Waals surface area contributed by atoms with Gasteiger partial charge in [-0.3, -0.25) is 0 Å². The van der Waals surface area contributed by atoms with Crippen LogP contribution in [0.4, 0.5) is 0 Å². The van der Waals surface area contributed by atoms with Crippen LogP contribution < -0.4 is 5.73 Å². The number of aliphatic hydroxyl groups is 1. The van der Waals surface area contributed by atoms with Crippen LogP contribution >= 0.6 is 0 Å². The molecule has 0 spiro atoms. The van der Waals surface area contributed by atoms with E-state index in [4.69, 9.17) is 5.73 Å². The Labute approximate surface area is 129 Å². The molecule has 0 aliphatic heterocycles. The van der Waals surface area contributed by atoms with Crippen LogP contribution in [-0.2, 0) is 6.42 Å². The maximum atomic E-state index is 10.8. The van der Waals surface area contributed by atoms with E-state index in [1.54, 1.807) is 0 Å². The molecule has 3 N–H and O–H groups in total. The smallest absolute Gasteiger partial charge is 0.0648 e. The second-order valence-electron chi connectivity index (χ2n) is 7.91. The normalized spacial score (nSPS) is 28.3. The minimum Gasteiger partial charge on any atom is -0.392 e. The Morgan fingerprint density at radius 1 is 1.19 bits per heavy atom. The van der Waals surface area contributed by atoms with Gasteiger partial charge < -0.3 is 10.8 Å². The first-order chi connectivity index (χ1) is 9.87. The monoisotopic (exact) mass is 289 g/mol. The van der Waals surface area contributed by atoms with E-state index in [0.717, 1.165) is 25.2 Å². The minimum absolute atomic E-state index is 0.0857. The zero-order valence-corrected chi connectivity index (χ0v) is 13.8. The Morgan fingerprint density at radius 3 is 2.24 bits per heavy atom. The predicted octanol–water partition coefficient (Wildman–Crippen LogP) is 3.77. The van der Waals surface area contributed by atoms with Gasteiger partial charge in [0.25, 0.3) is 0 Å². The Balaban J connectivity index is 2.02. The molecule has 2 heteroatoms. The zero-order chi connectivity index (χ0) is 15.5. The highest BCUT2D eigenvalue weighted by Crippen LogP contribution is 2.47. The number of aliphatic hydroxyl groups excluding tert-OH is 1. The molecule has 0 saturated heterocycles. The van der Waals surface area contributed by atoms with Crippen molar-refractivity contribution in [1.82, 2.24) is 0 Å². The van der Waals surface area contributed by atoms with Crippen molar-refractivity contribution in [3.63, 3.8) is 0 Å². The van der Waals surface area contributed by atoms with E-state index >= 15 is 0 Å². The molecular weight excluding hydrogens is 258 g/mol. The van der Waals surface area contributed by atoms with E-state index in [1.807, 2.05) is 18.2 Å². The maximum absolute atomic E-state index is 10.8. The summed E-state index contributed by atoms with van der Waals surface area (Å²) in [6.45, 7) is 7.58. The molecule has 21 heavy (non-hydrogen) atoms. The van der Waals surface area contributed by atoms with Crippen LogP contribution in [0.2, 0.25) is 0 Å². The fraction of sp³-hybridized carbons (Fsp3) is 0.684. The Hall–Kier alpha value is -0.860. The summed E-state index contributed by atoms with van der Waals surface area (Å²) in [5, 5.41) is 10.8. The van der Waals surface area contributed by atoms with Crippen LogP contribution in [0.5, 0.6) is 0 Å². The first-order valence-corrected chi connectivity index (χ1v) is 8.29. The molecule has 0 radical (unpaired) electrons. The zero-order valence-electron chi connectivity index (χ0n) is 13.8. The maximum Gasteiger partial charge on any atom is 0.0648 e. The van der Waals surface area contributed by atoms with Gasteiger partial charge in [0.2, 0.25) is 0 Å². The molecule has 0 bridgehead atoms. The van der Waals surface area contributed by atoms with Crippen molar-refractivity contribution in [2.24, 2.45) is 22.5 Å². The van der Waals surface area contributed by atoms with Gasteiger partial charge in [-0.15, -0.1) is 0 Å². The van der Waals surface area contributed by atoms with Gasteiger partial charge in [-0.1, -0.05) is 51.1 Å². The molecule has 1 saturated carbocycles. The van der Waals surface area contributed by atoms with Crippen molar-refractivity contribution in [3.05, 3.63) is 35.9 Å². The van der Waals surface area contributed by atoms with Crippen LogP contribution in [0.15, 0.2) is 30.3 Å². The third kappa shape index (κ3) is 3.87. The van der Waals surface area contributed by atoms with E-state index in [-0.39, 0.29) is 11.5 Å². The summed E-state index contributed by atoms with van der Waals surface area (Å²) in [5.74, 6) is 0.751. The van der Waals surface area contributed by atoms with Gasteiger partial charge in [0.05, 0.1) is 6.10 Å². The summed E-state index contributed by atoms with van der Waals surface area (Å²) < 4.78 is 0. The second-order valence-corrected chi connectivity index (χ2v) is 7.91. The highest BCUT2D eigenvalue weighted by Gasteiger charge is 2.42. The molecular formula is C19H31NO. The molecule has 1 aliphatic carbocycles. The Morgan fingerprint density at radius 2 is 1.76 bits per heavy atom. The van der Waals surface area contributed by atoms with E-state index in [1.165, 1.54) is 18.4 Å². The van der Waals surface area contributed by atoms with Gasteiger partial charge in [-0.2, -0.15) is 0 Å². The topological polar surface area (TPSA) is 46.2 Å². The number of benzene rings is 1. The highest BCUT2D eigenvalue weighted by atomic mass is 16.3. The summed E-state index contributed by atoms with van der Waals surface area (Å²) in [4.78, 5) is 0.